The lowest BCUT2D eigenvalue weighted by atomic mass is 9.81. The van der Waals surface area contributed by atoms with Crippen LogP contribution in [-0.2, 0) is 4.79 Å². The third kappa shape index (κ3) is 12.0. The molecule has 0 aromatic heterocycles. The smallest absolute Gasteiger partial charge is 0.369 e. The third-order valence-corrected chi connectivity index (χ3v) is 5.81. The minimum Gasteiger partial charge on any atom is -0.369 e. The van der Waals surface area contributed by atoms with Crippen molar-refractivity contribution in [3.05, 3.63) is 48.0 Å². The van der Waals surface area contributed by atoms with Crippen molar-refractivity contribution in [1.82, 2.24) is 0 Å². The quantitative estimate of drug-likeness (QED) is 0.193. The van der Waals surface area contributed by atoms with Crippen LogP contribution in [0, 0.1) is 5.92 Å². The Kier molecular flexibility index (Phi) is 14.0. The molecule has 1 amide bonds. The molecule has 1 rings (SSSR count). The van der Waals surface area contributed by atoms with Crippen molar-refractivity contribution in [2.45, 2.75) is 102 Å². The summed E-state index contributed by atoms with van der Waals surface area (Å²) in [6.45, 7) is 2.23. The van der Waals surface area contributed by atoms with Gasteiger partial charge in [-0.3, -0.25) is 4.79 Å². The van der Waals surface area contributed by atoms with E-state index in [0.29, 0.717) is 6.42 Å². The summed E-state index contributed by atoms with van der Waals surface area (Å²) in [5, 5.41) is 0. The highest BCUT2D eigenvalue weighted by atomic mass is 19.4. The summed E-state index contributed by atoms with van der Waals surface area (Å²) in [6.07, 6.45) is 13.5. The predicted octanol–water partition coefficient (Wildman–Crippen LogP) is 8.08. The number of carbonyl (C=O) groups is 1. The van der Waals surface area contributed by atoms with E-state index in [2.05, 4.69) is 19.1 Å². The van der Waals surface area contributed by atoms with Crippen LogP contribution in [0.5, 0.6) is 0 Å². The van der Waals surface area contributed by atoms with Crippen LogP contribution in [0.25, 0.3) is 0 Å². The van der Waals surface area contributed by atoms with E-state index in [1.807, 2.05) is 0 Å². The van der Waals surface area contributed by atoms with Gasteiger partial charge in [-0.1, -0.05) is 101 Å². The molecular formula is C26H40F3NO. The maximum Gasteiger partial charge on any atom is 0.396 e. The van der Waals surface area contributed by atoms with Gasteiger partial charge in [-0.25, -0.2) is 0 Å². The van der Waals surface area contributed by atoms with E-state index >= 15 is 0 Å². The molecule has 2 N–H and O–H groups in total. The molecule has 0 radical (unpaired) electrons. The molecule has 2 unspecified atom stereocenters. The Balaban J connectivity index is 2.29. The molecule has 0 saturated carbocycles. The minimum absolute atomic E-state index is 0.106. The van der Waals surface area contributed by atoms with Gasteiger partial charge in [-0.2, -0.15) is 13.2 Å². The maximum atomic E-state index is 13.7. The number of rotatable bonds is 17. The number of alkyl halides is 3. The number of hydrogen-bond acceptors (Lipinski definition) is 1. The number of amides is 1. The van der Waals surface area contributed by atoms with Gasteiger partial charge in [0, 0.05) is 0 Å². The second-order valence-electron chi connectivity index (χ2n) is 8.46. The SMILES string of the molecule is CCCCCCCCC=CCCCCCCC(C(N)=O)C(c1ccccc1)C(F)(F)F. The van der Waals surface area contributed by atoms with Crippen LogP contribution >= 0.6 is 0 Å². The molecule has 0 bridgehead atoms. The van der Waals surface area contributed by atoms with E-state index in [-0.39, 0.29) is 12.0 Å². The summed E-state index contributed by atoms with van der Waals surface area (Å²) in [5.41, 5.74) is 5.48. The number of hydrogen-bond donors (Lipinski definition) is 1. The van der Waals surface area contributed by atoms with E-state index in [1.165, 1.54) is 50.7 Å². The number of unbranched alkanes of at least 4 members (excludes halogenated alkanes) is 10. The van der Waals surface area contributed by atoms with Crippen molar-refractivity contribution < 1.29 is 18.0 Å². The number of nitrogens with two attached hydrogens (primary N) is 1. The van der Waals surface area contributed by atoms with Crippen LogP contribution in [0.1, 0.15) is 102 Å². The first-order valence-electron chi connectivity index (χ1n) is 11.9. The van der Waals surface area contributed by atoms with Crippen molar-refractivity contribution in [3.63, 3.8) is 0 Å². The Morgan fingerprint density at radius 3 is 1.90 bits per heavy atom. The number of allylic oxidation sites excluding steroid dienone is 2. The summed E-state index contributed by atoms with van der Waals surface area (Å²) in [5.74, 6) is -3.93. The number of benzene rings is 1. The fraction of sp³-hybridized carbons (Fsp3) is 0.654. The van der Waals surface area contributed by atoms with Crippen molar-refractivity contribution in [1.29, 1.82) is 0 Å². The van der Waals surface area contributed by atoms with E-state index in [1.54, 1.807) is 18.2 Å². The van der Waals surface area contributed by atoms with Crippen LogP contribution in [0.3, 0.4) is 0 Å². The van der Waals surface area contributed by atoms with Gasteiger partial charge in [0.1, 0.15) is 0 Å². The molecule has 0 saturated heterocycles. The van der Waals surface area contributed by atoms with Gasteiger partial charge in [-0.05, 0) is 37.7 Å². The van der Waals surface area contributed by atoms with Crippen LogP contribution in [0.4, 0.5) is 13.2 Å². The van der Waals surface area contributed by atoms with Crippen molar-refractivity contribution in [3.8, 4) is 0 Å². The van der Waals surface area contributed by atoms with E-state index in [4.69, 9.17) is 5.73 Å². The summed E-state index contributed by atoms with van der Waals surface area (Å²) in [6, 6.07) is 7.63. The van der Waals surface area contributed by atoms with Crippen LogP contribution in [0.15, 0.2) is 42.5 Å². The van der Waals surface area contributed by atoms with Gasteiger partial charge in [0.25, 0.3) is 0 Å². The van der Waals surface area contributed by atoms with Crippen LogP contribution < -0.4 is 5.73 Å². The highest BCUT2D eigenvalue weighted by molar-refractivity contribution is 5.78. The Morgan fingerprint density at radius 1 is 0.871 bits per heavy atom. The van der Waals surface area contributed by atoms with E-state index in [0.717, 1.165) is 32.1 Å². The highest BCUT2D eigenvalue weighted by Crippen LogP contribution is 2.42. The zero-order valence-corrected chi connectivity index (χ0v) is 19.0. The summed E-state index contributed by atoms with van der Waals surface area (Å²) in [4.78, 5) is 11.8. The molecule has 2 nitrogen and oxygen atoms in total. The topological polar surface area (TPSA) is 43.1 Å². The molecule has 176 valence electrons. The molecule has 0 fully saturated rings. The number of carbonyl (C=O) groups excluding carboxylic acids is 1. The van der Waals surface area contributed by atoms with Gasteiger partial charge in [0.15, 0.2) is 0 Å². The van der Waals surface area contributed by atoms with Crippen molar-refractivity contribution in [2.75, 3.05) is 0 Å². The first kappa shape index (κ1) is 27.3. The van der Waals surface area contributed by atoms with Crippen LogP contribution in [0.2, 0.25) is 0 Å². The first-order chi connectivity index (χ1) is 14.9. The molecule has 1 aromatic rings. The lowest BCUT2D eigenvalue weighted by Gasteiger charge is -2.27. The standard InChI is InChI=1S/C26H40F3NO/c1-2-3-4-5-6-7-8-9-10-11-12-13-14-18-21-23(25(30)31)24(26(27,28)29)22-19-16-15-17-20-22/h9-10,15-17,19-20,23-24H,2-8,11-14,18,21H2,1H3,(H2,30,31). The summed E-state index contributed by atoms with van der Waals surface area (Å²) in [7, 11) is 0. The van der Waals surface area contributed by atoms with Crippen molar-refractivity contribution >= 4 is 5.91 Å². The fourth-order valence-electron chi connectivity index (χ4n) is 4.04. The van der Waals surface area contributed by atoms with Gasteiger partial charge >= 0.3 is 6.18 Å². The normalized spacial score (nSPS) is 14.1. The fourth-order valence-corrected chi connectivity index (χ4v) is 4.04. The molecule has 0 aliphatic carbocycles. The van der Waals surface area contributed by atoms with Crippen LogP contribution in [-0.4, -0.2) is 12.1 Å². The zero-order valence-electron chi connectivity index (χ0n) is 19.0. The number of primary amides is 1. The third-order valence-electron chi connectivity index (χ3n) is 5.81. The average molecular weight is 440 g/mol. The molecule has 2 atom stereocenters. The highest BCUT2D eigenvalue weighted by Gasteiger charge is 2.47. The second-order valence-corrected chi connectivity index (χ2v) is 8.46. The molecular weight excluding hydrogens is 399 g/mol. The number of halogens is 3. The monoisotopic (exact) mass is 439 g/mol. The van der Waals surface area contributed by atoms with E-state index in [9.17, 15) is 18.0 Å². The first-order valence-corrected chi connectivity index (χ1v) is 11.9. The Bertz CT molecular complexity index is 613. The molecule has 5 heteroatoms. The predicted molar refractivity (Wildman–Crippen MR) is 123 cm³/mol. The lowest BCUT2D eigenvalue weighted by Crippen LogP contribution is -2.36. The Hall–Kier alpha value is -1.78. The van der Waals surface area contributed by atoms with Gasteiger partial charge in [0.2, 0.25) is 5.91 Å². The molecule has 0 aliphatic rings. The largest absolute Gasteiger partial charge is 0.396 e. The van der Waals surface area contributed by atoms with Gasteiger partial charge in [-0.15, -0.1) is 0 Å². The van der Waals surface area contributed by atoms with Crippen molar-refractivity contribution in [2.24, 2.45) is 11.7 Å². The molecule has 0 spiro atoms. The maximum absolute atomic E-state index is 13.7. The average Bonchev–Trinajstić information content (AvgIpc) is 2.72. The minimum atomic E-state index is -4.50. The van der Waals surface area contributed by atoms with Gasteiger partial charge in [0.05, 0.1) is 11.8 Å². The zero-order chi connectivity index (χ0) is 23.0. The van der Waals surface area contributed by atoms with Gasteiger partial charge < -0.3 is 5.73 Å². The second kappa shape index (κ2) is 15.9. The Labute approximate surface area is 186 Å². The summed E-state index contributed by atoms with van der Waals surface area (Å²) >= 11 is 0. The molecule has 0 heterocycles. The summed E-state index contributed by atoms with van der Waals surface area (Å²) < 4.78 is 41.0. The molecule has 31 heavy (non-hydrogen) atoms. The Morgan fingerprint density at radius 2 is 1.39 bits per heavy atom. The lowest BCUT2D eigenvalue weighted by molar-refractivity contribution is -0.168. The molecule has 0 aliphatic heterocycles. The molecule has 1 aromatic carbocycles. The van der Waals surface area contributed by atoms with E-state index < -0.39 is 23.9 Å².